The van der Waals surface area contributed by atoms with Gasteiger partial charge in [-0.1, -0.05) is 64.6 Å². The van der Waals surface area contributed by atoms with Crippen molar-refractivity contribution in [1.82, 2.24) is 0 Å². The van der Waals surface area contributed by atoms with Crippen molar-refractivity contribution in [2.45, 2.75) is 0 Å². The van der Waals surface area contributed by atoms with Crippen molar-refractivity contribution in [3.63, 3.8) is 0 Å². The zero-order valence-corrected chi connectivity index (χ0v) is 11.3. The van der Waals surface area contributed by atoms with Crippen LogP contribution in [-0.2, 0) is 0 Å². The molecule has 0 aliphatic rings. The Hall–Kier alpha value is -0.600. The van der Waals surface area contributed by atoms with Crippen molar-refractivity contribution in [3.05, 3.63) is 44.4 Å². The lowest BCUT2D eigenvalue weighted by atomic mass is 10.1. The van der Waals surface area contributed by atoms with E-state index in [1.807, 2.05) is 24.3 Å². The second-order valence-electron chi connectivity index (χ2n) is 3.56. The quantitative estimate of drug-likeness (QED) is 0.356. The molecule has 1 heterocycles. The van der Waals surface area contributed by atoms with Crippen LogP contribution in [0.25, 0.3) is 21.9 Å². The van der Waals surface area contributed by atoms with E-state index in [1.165, 1.54) is 0 Å². The molecule has 1 aromatic heterocycles. The van der Waals surface area contributed by atoms with Crippen LogP contribution in [0.1, 0.15) is 0 Å². The minimum absolute atomic E-state index is 0.213. The topological polar surface area (TPSA) is 13.1 Å². The van der Waals surface area contributed by atoms with Crippen molar-refractivity contribution in [3.8, 4) is 0 Å². The molecule has 17 heavy (non-hydrogen) atoms. The molecule has 1 nitrogen and oxygen atoms in total. The fourth-order valence-electron chi connectivity index (χ4n) is 1.82. The first kappa shape index (κ1) is 11.5. The van der Waals surface area contributed by atoms with Crippen LogP contribution in [0.2, 0.25) is 20.1 Å². The smallest absolute Gasteiger partial charge is 0.157 e. The molecule has 0 aliphatic heterocycles. The molecule has 0 saturated heterocycles. The van der Waals surface area contributed by atoms with Gasteiger partial charge >= 0.3 is 0 Å². The second-order valence-corrected chi connectivity index (χ2v) is 5.07. The van der Waals surface area contributed by atoms with Crippen LogP contribution in [0, 0.1) is 0 Å². The molecule has 86 valence electrons. The molecule has 2 aromatic carbocycles. The average molecular weight is 306 g/mol. The van der Waals surface area contributed by atoms with E-state index in [9.17, 15) is 0 Å². The summed E-state index contributed by atoms with van der Waals surface area (Å²) in [5.74, 6) is 0. The lowest BCUT2D eigenvalue weighted by molar-refractivity contribution is 0.669. The Morgan fingerprint density at radius 2 is 1.41 bits per heavy atom. The Balaban J connectivity index is 2.67. The summed E-state index contributed by atoms with van der Waals surface area (Å²) in [4.78, 5) is 0. The third-order valence-corrected chi connectivity index (χ3v) is 4.38. The SMILES string of the molecule is Clc1c(Cl)c(Cl)c2c(oc3ccccc32)c1Cl. The molecule has 0 saturated carbocycles. The number of hydrogen-bond donors (Lipinski definition) is 0. The van der Waals surface area contributed by atoms with Crippen LogP contribution in [0.3, 0.4) is 0 Å². The van der Waals surface area contributed by atoms with Gasteiger partial charge in [-0.3, -0.25) is 0 Å². The summed E-state index contributed by atoms with van der Waals surface area (Å²) in [7, 11) is 0. The van der Waals surface area contributed by atoms with Crippen molar-refractivity contribution in [1.29, 1.82) is 0 Å². The van der Waals surface area contributed by atoms with E-state index in [-0.39, 0.29) is 15.1 Å². The summed E-state index contributed by atoms with van der Waals surface area (Å²) >= 11 is 24.3. The first-order chi connectivity index (χ1) is 8.11. The number of hydrogen-bond acceptors (Lipinski definition) is 1. The Labute approximate surface area is 117 Å². The predicted molar refractivity (Wildman–Crippen MR) is 73.8 cm³/mol. The summed E-state index contributed by atoms with van der Waals surface area (Å²) < 4.78 is 5.64. The van der Waals surface area contributed by atoms with E-state index < -0.39 is 0 Å². The molecule has 0 atom stereocenters. The van der Waals surface area contributed by atoms with Gasteiger partial charge in [0, 0.05) is 10.8 Å². The van der Waals surface area contributed by atoms with Crippen LogP contribution < -0.4 is 0 Å². The van der Waals surface area contributed by atoms with Gasteiger partial charge in [0.15, 0.2) is 5.58 Å². The Kier molecular flexibility index (Phi) is 2.68. The highest BCUT2D eigenvalue weighted by molar-refractivity contribution is 6.55. The van der Waals surface area contributed by atoms with Gasteiger partial charge in [0.2, 0.25) is 0 Å². The van der Waals surface area contributed by atoms with Crippen molar-refractivity contribution >= 4 is 68.3 Å². The van der Waals surface area contributed by atoms with E-state index in [2.05, 4.69) is 0 Å². The maximum Gasteiger partial charge on any atom is 0.157 e. The first-order valence-electron chi connectivity index (χ1n) is 4.74. The summed E-state index contributed by atoms with van der Waals surface area (Å²) in [6, 6.07) is 7.50. The Morgan fingerprint density at radius 3 is 2.18 bits per heavy atom. The zero-order valence-electron chi connectivity index (χ0n) is 8.23. The molecule has 0 unspecified atom stereocenters. The second kappa shape index (κ2) is 3.96. The third-order valence-electron chi connectivity index (χ3n) is 2.59. The largest absolute Gasteiger partial charge is 0.454 e. The minimum atomic E-state index is 0.213. The van der Waals surface area contributed by atoms with Gasteiger partial charge in [-0.25, -0.2) is 0 Å². The van der Waals surface area contributed by atoms with E-state index in [4.69, 9.17) is 50.8 Å². The zero-order chi connectivity index (χ0) is 12.2. The third kappa shape index (κ3) is 1.54. The summed E-state index contributed by atoms with van der Waals surface area (Å²) in [5, 5.41) is 2.67. The fourth-order valence-corrected chi connectivity index (χ4v) is 2.80. The first-order valence-corrected chi connectivity index (χ1v) is 6.25. The number of para-hydroxylation sites is 1. The number of halogens is 4. The van der Waals surface area contributed by atoms with Gasteiger partial charge in [0.1, 0.15) is 10.6 Å². The van der Waals surface area contributed by atoms with Crippen LogP contribution in [-0.4, -0.2) is 0 Å². The highest BCUT2D eigenvalue weighted by Gasteiger charge is 2.20. The van der Waals surface area contributed by atoms with Gasteiger partial charge in [-0.2, -0.15) is 0 Å². The van der Waals surface area contributed by atoms with Crippen molar-refractivity contribution in [2.75, 3.05) is 0 Å². The van der Waals surface area contributed by atoms with E-state index in [1.54, 1.807) is 0 Å². The van der Waals surface area contributed by atoms with E-state index in [0.29, 0.717) is 21.6 Å². The Morgan fingerprint density at radius 1 is 0.765 bits per heavy atom. The summed E-state index contributed by atoms with van der Waals surface area (Å²) in [6.45, 7) is 0. The molecule has 3 aromatic rings. The Bertz CT molecular complexity index is 745. The van der Waals surface area contributed by atoms with Gasteiger partial charge < -0.3 is 4.42 Å². The molecule has 3 rings (SSSR count). The van der Waals surface area contributed by atoms with Crippen LogP contribution in [0.4, 0.5) is 0 Å². The molecule has 0 fully saturated rings. The molecule has 0 spiro atoms. The number of fused-ring (bicyclic) bond motifs is 3. The molecule has 0 N–H and O–H groups in total. The fraction of sp³-hybridized carbons (Fsp3) is 0. The lowest BCUT2D eigenvalue weighted by Gasteiger charge is -2.03. The molecule has 0 amide bonds. The molecule has 0 aliphatic carbocycles. The van der Waals surface area contributed by atoms with Crippen LogP contribution in [0.15, 0.2) is 28.7 Å². The van der Waals surface area contributed by atoms with Gasteiger partial charge in [0.25, 0.3) is 0 Å². The van der Waals surface area contributed by atoms with E-state index >= 15 is 0 Å². The number of furan rings is 1. The molecule has 5 heteroatoms. The van der Waals surface area contributed by atoms with Gasteiger partial charge in [-0.15, -0.1) is 0 Å². The minimum Gasteiger partial charge on any atom is -0.454 e. The highest BCUT2D eigenvalue weighted by atomic mass is 35.5. The highest BCUT2D eigenvalue weighted by Crippen LogP contribution is 2.46. The molecule has 0 bridgehead atoms. The standard InChI is InChI=1S/C12H4Cl4O/c13-8-7-5-3-1-2-4-6(5)17-12(7)11(16)10(15)9(8)14/h1-4H. The summed E-state index contributed by atoms with van der Waals surface area (Å²) in [6.07, 6.45) is 0. The van der Waals surface area contributed by atoms with Crippen LogP contribution >= 0.6 is 46.4 Å². The molecule has 0 radical (unpaired) electrons. The summed E-state index contributed by atoms with van der Waals surface area (Å²) in [5.41, 5.74) is 1.16. The monoisotopic (exact) mass is 304 g/mol. The number of rotatable bonds is 0. The molecular formula is C12H4Cl4O. The average Bonchev–Trinajstić information content (AvgIpc) is 2.73. The number of benzene rings is 2. The maximum absolute atomic E-state index is 6.19. The normalized spacial score (nSPS) is 11.5. The van der Waals surface area contributed by atoms with Gasteiger partial charge in [-0.05, 0) is 6.07 Å². The molecular weight excluding hydrogens is 302 g/mol. The van der Waals surface area contributed by atoms with Gasteiger partial charge in [0.05, 0.1) is 15.1 Å². The lowest BCUT2D eigenvalue weighted by Crippen LogP contribution is -1.77. The van der Waals surface area contributed by atoms with Crippen molar-refractivity contribution < 1.29 is 4.42 Å². The maximum atomic E-state index is 6.19. The van der Waals surface area contributed by atoms with Crippen molar-refractivity contribution in [2.24, 2.45) is 0 Å². The predicted octanol–water partition coefficient (Wildman–Crippen LogP) is 6.20. The van der Waals surface area contributed by atoms with E-state index in [0.717, 1.165) is 5.39 Å². The van der Waals surface area contributed by atoms with Crippen LogP contribution in [0.5, 0.6) is 0 Å².